The molecule has 0 aromatic heterocycles. The Bertz CT molecular complexity index is 116. The molecule has 1 rings (SSSR count). The minimum Gasteiger partial charge on any atom is -0.303 e. The molecule has 0 saturated carbocycles. The Kier molecular flexibility index (Phi) is 2.94. The molecule has 0 aliphatic carbocycles. The van der Waals surface area contributed by atoms with Crippen LogP contribution in [0.4, 0.5) is 0 Å². The summed E-state index contributed by atoms with van der Waals surface area (Å²) in [6.45, 7) is 11.0. The molecule has 1 saturated heterocycles. The molecule has 0 spiro atoms. The first-order valence-corrected chi connectivity index (χ1v) is 4.86. The highest BCUT2D eigenvalue weighted by molar-refractivity contribution is 4.79. The second-order valence-corrected chi connectivity index (χ2v) is 4.54. The highest BCUT2D eigenvalue weighted by Gasteiger charge is 2.25. The van der Waals surface area contributed by atoms with Crippen LogP contribution in [0.2, 0.25) is 0 Å². The van der Waals surface area contributed by atoms with Gasteiger partial charge in [0.15, 0.2) is 0 Å². The molecule has 0 amide bonds. The van der Waals surface area contributed by atoms with Crippen LogP contribution in [0.25, 0.3) is 0 Å². The third-order valence-corrected chi connectivity index (χ3v) is 2.52. The summed E-state index contributed by atoms with van der Waals surface area (Å²) in [5.74, 6) is 0. The van der Waals surface area contributed by atoms with E-state index in [0.717, 1.165) is 0 Å². The topological polar surface area (TPSA) is 3.24 Å². The second-order valence-electron chi connectivity index (χ2n) is 4.54. The van der Waals surface area contributed by atoms with Crippen LogP contribution >= 0.6 is 0 Å². The molecule has 0 radical (unpaired) electrons. The zero-order valence-electron chi connectivity index (χ0n) is 8.19. The quantitative estimate of drug-likeness (QED) is 0.592. The molecule has 1 aliphatic rings. The molecule has 0 aromatic rings. The molecule has 11 heavy (non-hydrogen) atoms. The van der Waals surface area contributed by atoms with E-state index in [1.54, 1.807) is 0 Å². The Morgan fingerprint density at radius 2 is 2.09 bits per heavy atom. The predicted molar refractivity (Wildman–Crippen MR) is 49.7 cm³/mol. The first-order valence-electron chi connectivity index (χ1n) is 4.86. The summed E-state index contributed by atoms with van der Waals surface area (Å²) >= 11 is 0. The van der Waals surface area contributed by atoms with E-state index in [4.69, 9.17) is 0 Å². The van der Waals surface area contributed by atoms with Crippen molar-refractivity contribution in [2.24, 2.45) is 5.41 Å². The summed E-state index contributed by atoms with van der Waals surface area (Å²) in [6.07, 6.45) is 4.11. The van der Waals surface area contributed by atoms with E-state index in [-0.39, 0.29) is 0 Å². The van der Waals surface area contributed by atoms with Crippen LogP contribution in [-0.4, -0.2) is 24.5 Å². The van der Waals surface area contributed by atoms with Gasteiger partial charge in [0.25, 0.3) is 0 Å². The van der Waals surface area contributed by atoms with Crippen molar-refractivity contribution in [1.29, 1.82) is 0 Å². The lowest BCUT2D eigenvalue weighted by Crippen LogP contribution is -2.40. The smallest absolute Gasteiger partial charge is 0.00327 e. The number of hydrogen-bond acceptors (Lipinski definition) is 1. The third-order valence-electron chi connectivity index (χ3n) is 2.52. The van der Waals surface area contributed by atoms with Gasteiger partial charge >= 0.3 is 0 Å². The van der Waals surface area contributed by atoms with Gasteiger partial charge in [0, 0.05) is 6.54 Å². The van der Waals surface area contributed by atoms with Gasteiger partial charge in [-0.3, -0.25) is 0 Å². The number of nitrogens with zero attached hydrogens (tertiary/aromatic N) is 1. The van der Waals surface area contributed by atoms with Gasteiger partial charge in [-0.2, -0.15) is 0 Å². The van der Waals surface area contributed by atoms with Gasteiger partial charge in [-0.15, -0.1) is 0 Å². The van der Waals surface area contributed by atoms with E-state index in [1.807, 2.05) is 0 Å². The summed E-state index contributed by atoms with van der Waals surface area (Å²) in [5, 5.41) is 0. The van der Waals surface area contributed by atoms with Gasteiger partial charge in [-0.25, -0.2) is 0 Å². The molecule has 1 fully saturated rings. The molecular weight excluding hydrogens is 134 g/mol. The summed E-state index contributed by atoms with van der Waals surface area (Å²) in [7, 11) is 0. The number of rotatable bonds is 2. The van der Waals surface area contributed by atoms with Gasteiger partial charge in [-0.1, -0.05) is 20.8 Å². The van der Waals surface area contributed by atoms with Gasteiger partial charge in [0.1, 0.15) is 0 Å². The van der Waals surface area contributed by atoms with Gasteiger partial charge in [-0.05, 0) is 37.8 Å². The first kappa shape index (κ1) is 9.05. The van der Waals surface area contributed by atoms with Crippen LogP contribution in [0.1, 0.15) is 40.0 Å². The fraction of sp³-hybridized carbons (Fsp3) is 1.00. The molecular formula is C10H21N. The highest BCUT2D eigenvalue weighted by Crippen LogP contribution is 2.28. The summed E-state index contributed by atoms with van der Waals surface area (Å²) < 4.78 is 0. The zero-order valence-corrected chi connectivity index (χ0v) is 8.19. The van der Waals surface area contributed by atoms with Crippen molar-refractivity contribution in [2.45, 2.75) is 40.0 Å². The van der Waals surface area contributed by atoms with Crippen molar-refractivity contribution in [1.82, 2.24) is 4.90 Å². The van der Waals surface area contributed by atoms with E-state index in [0.29, 0.717) is 5.41 Å². The Hall–Kier alpha value is -0.0400. The maximum Gasteiger partial charge on any atom is 0.00327 e. The summed E-state index contributed by atoms with van der Waals surface area (Å²) in [6, 6.07) is 0. The zero-order chi connectivity index (χ0) is 8.32. The van der Waals surface area contributed by atoms with E-state index >= 15 is 0 Å². The lowest BCUT2D eigenvalue weighted by molar-refractivity contribution is 0.118. The van der Waals surface area contributed by atoms with Crippen LogP contribution < -0.4 is 0 Å². The van der Waals surface area contributed by atoms with E-state index < -0.39 is 0 Å². The third kappa shape index (κ3) is 2.82. The average Bonchev–Trinajstić information content (AvgIpc) is 1.85. The molecule has 1 nitrogen and oxygen atoms in total. The molecule has 1 heteroatoms. The summed E-state index contributed by atoms with van der Waals surface area (Å²) in [4.78, 5) is 2.60. The van der Waals surface area contributed by atoms with Crippen LogP contribution in [-0.2, 0) is 0 Å². The standard InChI is InChI=1S/C10H21N/c1-4-7-11-8-5-6-10(2,3)9-11/h4-9H2,1-3H3. The van der Waals surface area contributed by atoms with Gasteiger partial charge in [0.2, 0.25) is 0 Å². The predicted octanol–water partition coefficient (Wildman–Crippen LogP) is 2.52. The van der Waals surface area contributed by atoms with Crippen LogP contribution in [0.5, 0.6) is 0 Å². The van der Waals surface area contributed by atoms with Crippen molar-refractivity contribution in [3.05, 3.63) is 0 Å². The molecule has 0 atom stereocenters. The van der Waals surface area contributed by atoms with Crippen molar-refractivity contribution in [2.75, 3.05) is 19.6 Å². The van der Waals surface area contributed by atoms with E-state index in [1.165, 1.54) is 38.9 Å². The minimum atomic E-state index is 0.577. The van der Waals surface area contributed by atoms with E-state index in [2.05, 4.69) is 25.7 Å². The van der Waals surface area contributed by atoms with Crippen LogP contribution in [0, 0.1) is 5.41 Å². The maximum absolute atomic E-state index is 2.60. The Balaban J connectivity index is 2.34. The highest BCUT2D eigenvalue weighted by atomic mass is 15.1. The molecule has 1 heterocycles. The van der Waals surface area contributed by atoms with Crippen molar-refractivity contribution in [3.63, 3.8) is 0 Å². The van der Waals surface area contributed by atoms with Crippen molar-refractivity contribution in [3.8, 4) is 0 Å². The average molecular weight is 155 g/mol. The monoisotopic (exact) mass is 155 g/mol. The summed E-state index contributed by atoms with van der Waals surface area (Å²) in [5.41, 5.74) is 0.577. The normalized spacial score (nSPS) is 25.4. The number of likely N-dealkylation sites (tertiary alicyclic amines) is 1. The fourth-order valence-corrected chi connectivity index (χ4v) is 2.05. The molecule has 0 N–H and O–H groups in total. The van der Waals surface area contributed by atoms with Gasteiger partial charge < -0.3 is 4.90 Å². The number of piperidine rings is 1. The molecule has 0 unspecified atom stereocenters. The largest absolute Gasteiger partial charge is 0.303 e. The second kappa shape index (κ2) is 3.57. The van der Waals surface area contributed by atoms with E-state index in [9.17, 15) is 0 Å². The molecule has 66 valence electrons. The first-order chi connectivity index (χ1) is 5.14. The van der Waals surface area contributed by atoms with Crippen LogP contribution in [0.15, 0.2) is 0 Å². The minimum absolute atomic E-state index is 0.577. The molecule has 1 aliphatic heterocycles. The van der Waals surface area contributed by atoms with Crippen molar-refractivity contribution < 1.29 is 0 Å². The lowest BCUT2D eigenvalue weighted by atomic mass is 9.84. The fourth-order valence-electron chi connectivity index (χ4n) is 2.05. The number of hydrogen-bond donors (Lipinski definition) is 0. The maximum atomic E-state index is 2.60. The Morgan fingerprint density at radius 1 is 1.36 bits per heavy atom. The molecule has 0 bridgehead atoms. The lowest BCUT2D eigenvalue weighted by Gasteiger charge is -2.37. The SMILES string of the molecule is CCCN1CCCC(C)(C)C1. The van der Waals surface area contributed by atoms with Crippen LogP contribution in [0.3, 0.4) is 0 Å². The Labute approximate surface area is 70.8 Å². The van der Waals surface area contributed by atoms with Gasteiger partial charge in [0.05, 0.1) is 0 Å². The molecule has 0 aromatic carbocycles. The Morgan fingerprint density at radius 3 is 2.64 bits per heavy atom. The van der Waals surface area contributed by atoms with Crippen molar-refractivity contribution >= 4 is 0 Å².